The summed E-state index contributed by atoms with van der Waals surface area (Å²) in [6.45, 7) is 8.18. The second-order valence-corrected chi connectivity index (χ2v) is 6.77. The molecule has 1 aliphatic heterocycles. The summed E-state index contributed by atoms with van der Waals surface area (Å²) < 4.78 is 7.99. The minimum atomic E-state index is -0.175. The number of urea groups is 1. The summed E-state index contributed by atoms with van der Waals surface area (Å²) in [5.41, 5.74) is 1.19. The van der Waals surface area contributed by atoms with Gasteiger partial charge in [-0.3, -0.25) is 0 Å². The minimum absolute atomic E-state index is 0.0582. The van der Waals surface area contributed by atoms with Gasteiger partial charge in [0, 0.05) is 32.5 Å². The third-order valence-corrected chi connectivity index (χ3v) is 4.73. The molecule has 26 heavy (non-hydrogen) atoms. The minimum Gasteiger partial charge on any atom is -0.490 e. The Morgan fingerprint density at radius 1 is 1.38 bits per heavy atom. The number of hydrogen-bond acceptors (Lipinski definition) is 4. The largest absolute Gasteiger partial charge is 0.490 e. The Balaban J connectivity index is 1.49. The zero-order valence-electron chi connectivity index (χ0n) is 15.7. The van der Waals surface area contributed by atoms with E-state index in [1.165, 1.54) is 5.56 Å². The maximum absolute atomic E-state index is 12.5. The number of carbonyl (C=O) groups excluding carboxylic acids is 1. The number of ether oxygens (including phenoxy) is 1. The second kappa shape index (κ2) is 8.21. The Morgan fingerprint density at radius 2 is 2.15 bits per heavy atom. The summed E-state index contributed by atoms with van der Waals surface area (Å²) in [4.78, 5) is 14.4. The molecule has 7 heteroatoms. The van der Waals surface area contributed by atoms with E-state index in [1.54, 1.807) is 6.33 Å². The van der Waals surface area contributed by atoms with E-state index in [0.717, 1.165) is 31.0 Å². The normalized spacial score (nSPS) is 16.3. The highest BCUT2D eigenvalue weighted by Crippen LogP contribution is 2.20. The highest BCUT2D eigenvalue weighted by molar-refractivity contribution is 5.74. The monoisotopic (exact) mass is 357 g/mol. The zero-order valence-corrected chi connectivity index (χ0v) is 15.7. The molecule has 1 aliphatic rings. The molecule has 0 radical (unpaired) electrons. The molecule has 0 bridgehead atoms. The first kappa shape index (κ1) is 18.2. The van der Waals surface area contributed by atoms with Gasteiger partial charge in [0.05, 0.1) is 6.04 Å². The predicted octanol–water partition coefficient (Wildman–Crippen LogP) is 2.92. The second-order valence-electron chi connectivity index (χ2n) is 6.77. The van der Waals surface area contributed by atoms with Gasteiger partial charge in [0.15, 0.2) is 5.82 Å². The number of nitrogens with zero attached hydrogens (tertiary/aromatic N) is 4. The molecule has 1 unspecified atom stereocenters. The Kier molecular flexibility index (Phi) is 5.75. The molecule has 1 aromatic heterocycles. The van der Waals surface area contributed by atoms with Crippen LogP contribution in [0.25, 0.3) is 0 Å². The van der Waals surface area contributed by atoms with Crippen molar-refractivity contribution >= 4 is 6.03 Å². The van der Waals surface area contributed by atoms with Crippen molar-refractivity contribution in [2.45, 2.75) is 52.3 Å². The molecule has 1 N–H and O–H groups in total. The molecule has 7 nitrogen and oxygen atoms in total. The quantitative estimate of drug-likeness (QED) is 0.893. The number of piperidine rings is 1. The third kappa shape index (κ3) is 4.33. The number of aryl methyl sites for hydroxylation is 2. The van der Waals surface area contributed by atoms with Crippen molar-refractivity contribution in [3.8, 4) is 5.75 Å². The van der Waals surface area contributed by atoms with E-state index in [4.69, 9.17) is 4.74 Å². The Morgan fingerprint density at radius 3 is 2.85 bits per heavy atom. The number of benzene rings is 1. The maximum atomic E-state index is 12.5. The van der Waals surface area contributed by atoms with E-state index in [9.17, 15) is 4.79 Å². The van der Waals surface area contributed by atoms with E-state index in [0.29, 0.717) is 13.1 Å². The van der Waals surface area contributed by atoms with Crippen molar-refractivity contribution in [2.75, 3.05) is 13.1 Å². The zero-order chi connectivity index (χ0) is 18.5. The number of rotatable bonds is 5. The van der Waals surface area contributed by atoms with Crippen molar-refractivity contribution < 1.29 is 9.53 Å². The predicted molar refractivity (Wildman–Crippen MR) is 99.0 cm³/mol. The van der Waals surface area contributed by atoms with Crippen LogP contribution in [-0.2, 0) is 6.54 Å². The van der Waals surface area contributed by atoms with Crippen molar-refractivity contribution in [1.82, 2.24) is 25.0 Å². The van der Waals surface area contributed by atoms with Gasteiger partial charge in [-0.2, -0.15) is 0 Å². The van der Waals surface area contributed by atoms with Crippen LogP contribution < -0.4 is 10.1 Å². The Hall–Kier alpha value is -2.57. The van der Waals surface area contributed by atoms with E-state index >= 15 is 0 Å². The highest BCUT2D eigenvalue weighted by atomic mass is 16.5. The smallest absolute Gasteiger partial charge is 0.317 e. The van der Waals surface area contributed by atoms with Gasteiger partial charge in [-0.1, -0.05) is 12.1 Å². The van der Waals surface area contributed by atoms with Crippen LogP contribution in [0.2, 0.25) is 0 Å². The van der Waals surface area contributed by atoms with E-state index in [1.807, 2.05) is 41.5 Å². The molecule has 0 spiro atoms. The fourth-order valence-electron chi connectivity index (χ4n) is 3.24. The molecule has 1 fully saturated rings. The van der Waals surface area contributed by atoms with Crippen molar-refractivity contribution in [3.63, 3.8) is 0 Å². The van der Waals surface area contributed by atoms with Gasteiger partial charge in [0.2, 0.25) is 0 Å². The van der Waals surface area contributed by atoms with Crippen LogP contribution in [0.4, 0.5) is 4.79 Å². The van der Waals surface area contributed by atoms with Gasteiger partial charge in [0.25, 0.3) is 0 Å². The average molecular weight is 357 g/mol. The van der Waals surface area contributed by atoms with Gasteiger partial charge in [0.1, 0.15) is 18.2 Å². The Bertz CT molecular complexity index is 737. The molecule has 2 heterocycles. The topological polar surface area (TPSA) is 72.3 Å². The fraction of sp³-hybridized carbons (Fsp3) is 0.526. The summed E-state index contributed by atoms with van der Waals surface area (Å²) in [6.07, 6.45) is 3.51. The van der Waals surface area contributed by atoms with Crippen molar-refractivity contribution in [2.24, 2.45) is 0 Å². The standard InChI is InChI=1S/C19H27N5O2/c1-4-23-13-20-22-18(23)15(3)21-19(25)24-10-8-16(9-11-24)26-17-7-5-6-14(2)12-17/h5-7,12-13,15-16H,4,8-11H2,1-3H3,(H,21,25). The molecule has 1 saturated heterocycles. The van der Waals surface area contributed by atoms with Gasteiger partial charge < -0.3 is 19.5 Å². The lowest BCUT2D eigenvalue weighted by atomic mass is 10.1. The van der Waals surface area contributed by atoms with Crippen LogP contribution in [0.3, 0.4) is 0 Å². The van der Waals surface area contributed by atoms with Crippen LogP contribution in [0.15, 0.2) is 30.6 Å². The summed E-state index contributed by atoms with van der Waals surface area (Å²) >= 11 is 0. The van der Waals surface area contributed by atoms with Crippen LogP contribution in [0.1, 0.15) is 44.1 Å². The molecule has 2 aromatic rings. The number of nitrogens with one attached hydrogen (secondary N) is 1. The number of likely N-dealkylation sites (tertiary alicyclic amines) is 1. The first-order chi connectivity index (χ1) is 12.6. The van der Waals surface area contributed by atoms with E-state index in [2.05, 4.69) is 28.5 Å². The van der Waals surface area contributed by atoms with Gasteiger partial charge in [-0.15, -0.1) is 10.2 Å². The first-order valence-electron chi connectivity index (χ1n) is 9.23. The summed E-state index contributed by atoms with van der Waals surface area (Å²) in [7, 11) is 0. The molecule has 1 atom stereocenters. The summed E-state index contributed by atoms with van der Waals surface area (Å²) in [6, 6.07) is 7.86. The average Bonchev–Trinajstić information content (AvgIpc) is 3.11. The van der Waals surface area contributed by atoms with Gasteiger partial charge in [-0.05, 0) is 38.5 Å². The molecule has 140 valence electrons. The maximum Gasteiger partial charge on any atom is 0.317 e. The van der Waals surface area contributed by atoms with Gasteiger partial charge in [-0.25, -0.2) is 4.79 Å². The summed E-state index contributed by atoms with van der Waals surface area (Å²) in [5.74, 6) is 1.68. The molecule has 3 rings (SSSR count). The molecule has 0 saturated carbocycles. The molecular weight excluding hydrogens is 330 g/mol. The molecule has 1 aromatic carbocycles. The van der Waals surface area contributed by atoms with Crippen LogP contribution >= 0.6 is 0 Å². The molecular formula is C19H27N5O2. The number of carbonyl (C=O) groups is 1. The fourth-order valence-corrected chi connectivity index (χ4v) is 3.24. The lowest BCUT2D eigenvalue weighted by Crippen LogP contribution is -2.47. The Labute approximate surface area is 154 Å². The number of amides is 2. The van der Waals surface area contributed by atoms with E-state index in [-0.39, 0.29) is 18.2 Å². The van der Waals surface area contributed by atoms with Crippen molar-refractivity contribution in [3.05, 3.63) is 42.0 Å². The first-order valence-corrected chi connectivity index (χ1v) is 9.23. The SMILES string of the molecule is CCn1cnnc1C(C)NC(=O)N1CCC(Oc2cccc(C)c2)CC1. The van der Waals surface area contributed by atoms with Crippen LogP contribution in [-0.4, -0.2) is 44.9 Å². The molecule has 2 amide bonds. The number of aromatic nitrogens is 3. The van der Waals surface area contributed by atoms with E-state index < -0.39 is 0 Å². The molecule has 0 aliphatic carbocycles. The highest BCUT2D eigenvalue weighted by Gasteiger charge is 2.25. The number of hydrogen-bond donors (Lipinski definition) is 1. The third-order valence-electron chi connectivity index (χ3n) is 4.73. The van der Waals surface area contributed by atoms with Gasteiger partial charge >= 0.3 is 6.03 Å². The van der Waals surface area contributed by atoms with Crippen LogP contribution in [0.5, 0.6) is 5.75 Å². The van der Waals surface area contributed by atoms with Crippen molar-refractivity contribution in [1.29, 1.82) is 0 Å². The lowest BCUT2D eigenvalue weighted by Gasteiger charge is -2.33. The van der Waals surface area contributed by atoms with Crippen LogP contribution in [0, 0.1) is 6.92 Å². The lowest BCUT2D eigenvalue weighted by molar-refractivity contribution is 0.110. The summed E-state index contributed by atoms with van der Waals surface area (Å²) in [5, 5.41) is 11.1.